The van der Waals surface area contributed by atoms with Gasteiger partial charge in [0, 0.05) is 30.7 Å². The molecule has 2 atom stereocenters. The standard InChI is InChI=1S/C23H37N3O6S2/c1-16-14-26(15-17(2)32-16)33(28,29)21-8-6-7-20(13-21)24-22(27)18-9-11-19(12-10-18)25-34(30,31)23(3,4)5/h6-8,13,16-19,25H,9-12,14-15H2,1-5H3,(H,24,27)/t16-,17+,18?,19?. The fraction of sp³-hybridized carbons (Fsp3) is 0.696. The summed E-state index contributed by atoms with van der Waals surface area (Å²) in [5, 5.41) is 2.85. The van der Waals surface area contributed by atoms with Crippen molar-refractivity contribution in [3.05, 3.63) is 24.3 Å². The third-order valence-corrected chi connectivity index (χ3v) is 10.4. The van der Waals surface area contributed by atoms with E-state index in [0.29, 0.717) is 31.4 Å². The van der Waals surface area contributed by atoms with E-state index in [-0.39, 0.29) is 48.1 Å². The number of ether oxygens (including phenoxy) is 1. The first-order valence-electron chi connectivity index (χ1n) is 11.8. The molecule has 1 saturated carbocycles. The Bertz CT molecular complexity index is 1080. The molecule has 192 valence electrons. The summed E-state index contributed by atoms with van der Waals surface area (Å²) in [5.74, 6) is -0.433. The van der Waals surface area contributed by atoms with Crippen molar-refractivity contribution in [1.82, 2.24) is 9.03 Å². The predicted octanol–water partition coefficient (Wildman–Crippen LogP) is 2.70. The van der Waals surface area contributed by atoms with E-state index < -0.39 is 24.8 Å². The van der Waals surface area contributed by atoms with E-state index in [2.05, 4.69) is 10.0 Å². The second-order valence-corrected chi connectivity index (χ2v) is 14.8. The van der Waals surface area contributed by atoms with Gasteiger partial charge in [-0.25, -0.2) is 21.6 Å². The summed E-state index contributed by atoms with van der Waals surface area (Å²) in [6, 6.07) is 6.13. The molecule has 0 aromatic heterocycles. The van der Waals surface area contributed by atoms with Gasteiger partial charge in [0.25, 0.3) is 0 Å². The molecule has 1 amide bonds. The second-order valence-electron chi connectivity index (χ2n) is 10.4. The number of sulfonamides is 2. The fourth-order valence-corrected chi connectivity index (χ4v) is 6.99. The Morgan fingerprint density at radius 3 is 2.15 bits per heavy atom. The van der Waals surface area contributed by atoms with Gasteiger partial charge in [0.15, 0.2) is 0 Å². The summed E-state index contributed by atoms with van der Waals surface area (Å²) in [7, 11) is -7.15. The minimum Gasteiger partial charge on any atom is -0.373 e. The van der Waals surface area contributed by atoms with E-state index in [4.69, 9.17) is 4.74 Å². The van der Waals surface area contributed by atoms with Crippen LogP contribution in [0.25, 0.3) is 0 Å². The first-order chi connectivity index (χ1) is 15.7. The van der Waals surface area contributed by atoms with Crippen LogP contribution in [-0.2, 0) is 29.6 Å². The van der Waals surface area contributed by atoms with Gasteiger partial charge in [0.2, 0.25) is 26.0 Å². The summed E-state index contributed by atoms with van der Waals surface area (Å²) >= 11 is 0. The number of nitrogens with zero attached hydrogens (tertiary/aromatic N) is 1. The largest absolute Gasteiger partial charge is 0.373 e. The zero-order valence-electron chi connectivity index (χ0n) is 20.6. The van der Waals surface area contributed by atoms with Crippen molar-refractivity contribution in [3.63, 3.8) is 0 Å². The van der Waals surface area contributed by atoms with Gasteiger partial charge in [-0.05, 0) is 78.5 Å². The Kier molecular flexibility index (Phi) is 8.13. The third-order valence-electron chi connectivity index (χ3n) is 6.35. The van der Waals surface area contributed by atoms with E-state index >= 15 is 0 Å². The van der Waals surface area contributed by atoms with Gasteiger partial charge in [0.05, 0.1) is 21.9 Å². The summed E-state index contributed by atoms with van der Waals surface area (Å²) in [4.78, 5) is 13.0. The lowest BCUT2D eigenvalue weighted by Crippen LogP contribution is -2.48. The van der Waals surface area contributed by atoms with Crippen LogP contribution in [0.1, 0.15) is 60.3 Å². The topological polar surface area (TPSA) is 122 Å². The predicted molar refractivity (Wildman–Crippen MR) is 131 cm³/mol. The average molecular weight is 516 g/mol. The van der Waals surface area contributed by atoms with Gasteiger partial charge in [-0.3, -0.25) is 4.79 Å². The highest BCUT2D eigenvalue weighted by molar-refractivity contribution is 7.90. The van der Waals surface area contributed by atoms with Gasteiger partial charge >= 0.3 is 0 Å². The molecule has 0 spiro atoms. The molecule has 9 nitrogen and oxygen atoms in total. The Labute approximate surface area is 203 Å². The number of carbonyl (C=O) groups excluding carboxylic acids is 1. The number of anilines is 1. The van der Waals surface area contributed by atoms with E-state index in [0.717, 1.165) is 0 Å². The number of benzene rings is 1. The number of hydrogen-bond acceptors (Lipinski definition) is 6. The number of morpholine rings is 1. The molecular weight excluding hydrogens is 478 g/mol. The van der Waals surface area contributed by atoms with Gasteiger partial charge in [-0.2, -0.15) is 4.31 Å². The van der Waals surface area contributed by atoms with Crippen LogP contribution in [-0.4, -0.2) is 63.1 Å². The second kappa shape index (κ2) is 10.2. The van der Waals surface area contributed by atoms with Crippen LogP contribution in [0.3, 0.4) is 0 Å². The zero-order valence-corrected chi connectivity index (χ0v) is 22.2. The molecule has 1 saturated heterocycles. The Balaban J connectivity index is 1.61. The minimum absolute atomic E-state index is 0.131. The molecule has 1 aromatic rings. The molecule has 11 heteroatoms. The van der Waals surface area contributed by atoms with Crippen molar-refractivity contribution in [2.75, 3.05) is 18.4 Å². The lowest BCUT2D eigenvalue weighted by Gasteiger charge is -2.34. The monoisotopic (exact) mass is 515 g/mol. The highest BCUT2D eigenvalue weighted by Gasteiger charge is 2.35. The van der Waals surface area contributed by atoms with Crippen LogP contribution < -0.4 is 10.0 Å². The first kappa shape index (κ1) is 27.1. The molecule has 34 heavy (non-hydrogen) atoms. The minimum atomic E-state index is -3.71. The summed E-state index contributed by atoms with van der Waals surface area (Å²) in [6.07, 6.45) is 1.90. The molecule has 2 fully saturated rings. The van der Waals surface area contributed by atoms with E-state index in [1.165, 1.54) is 16.4 Å². The maximum absolute atomic E-state index is 13.1. The molecule has 1 aliphatic heterocycles. The van der Waals surface area contributed by atoms with Crippen LogP contribution in [0.5, 0.6) is 0 Å². The molecule has 1 aromatic carbocycles. The first-order valence-corrected chi connectivity index (χ1v) is 14.7. The number of nitrogens with one attached hydrogen (secondary N) is 2. The Morgan fingerprint density at radius 1 is 1.00 bits per heavy atom. The van der Waals surface area contributed by atoms with Gasteiger partial charge in [-0.1, -0.05) is 6.07 Å². The quantitative estimate of drug-likeness (QED) is 0.601. The molecule has 0 bridgehead atoms. The molecule has 1 heterocycles. The lowest BCUT2D eigenvalue weighted by atomic mass is 9.86. The van der Waals surface area contributed by atoms with Crippen LogP contribution in [0.15, 0.2) is 29.2 Å². The Morgan fingerprint density at radius 2 is 1.59 bits per heavy atom. The van der Waals surface area contributed by atoms with Crippen LogP contribution in [0.4, 0.5) is 5.69 Å². The van der Waals surface area contributed by atoms with Crippen molar-refractivity contribution in [3.8, 4) is 0 Å². The normalized spacial score (nSPS) is 27.3. The molecule has 0 unspecified atom stereocenters. The molecule has 2 aliphatic rings. The maximum atomic E-state index is 13.1. The SMILES string of the molecule is C[C@@H]1CN(S(=O)(=O)c2cccc(NC(=O)C3CCC(NS(=O)(=O)C(C)(C)C)CC3)c2)C[C@H](C)O1. The smallest absolute Gasteiger partial charge is 0.243 e. The molecule has 3 rings (SSSR count). The van der Waals surface area contributed by atoms with Crippen molar-refractivity contribution in [2.24, 2.45) is 5.92 Å². The zero-order chi connectivity index (χ0) is 25.3. The van der Waals surface area contributed by atoms with Gasteiger partial charge in [-0.15, -0.1) is 0 Å². The number of amides is 1. The summed E-state index contributed by atoms with van der Waals surface area (Å²) in [6.45, 7) is 9.22. The summed E-state index contributed by atoms with van der Waals surface area (Å²) < 4.78 is 60.0. The highest BCUT2D eigenvalue weighted by atomic mass is 32.2. The maximum Gasteiger partial charge on any atom is 0.243 e. The van der Waals surface area contributed by atoms with E-state index in [1.54, 1.807) is 32.9 Å². The molecular formula is C23H37N3O6S2. The van der Waals surface area contributed by atoms with Gasteiger partial charge < -0.3 is 10.1 Å². The average Bonchev–Trinajstić information content (AvgIpc) is 2.72. The summed E-state index contributed by atoms with van der Waals surface area (Å²) in [5.41, 5.74) is 0.427. The van der Waals surface area contributed by atoms with Crippen molar-refractivity contribution in [1.29, 1.82) is 0 Å². The van der Waals surface area contributed by atoms with Crippen molar-refractivity contribution >= 4 is 31.6 Å². The van der Waals surface area contributed by atoms with Crippen molar-refractivity contribution < 1.29 is 26.4 Å². The van der Waals surface area contributed by atoms with Crippen LogP contribution >= 0.6 is 0 Å². The Hall–Kier alpha value is -1.53. The molecule has 0 radical (unpaired) electrons. The number of carbonyl (C=O) groups is 1. The molecule has 2 N–H and O–H groups in total. The van der Waals surface area contributed by atoms with E-state index in [9.17, 15) is 21.6 Å². The fourth-order valence-electron chi connectivity index (χ4n) is 4.32. The number of hydrogen-bond donors (Lipinski definition) is 2. The lowest BCUT2D eigenvalue weighted by molar-refractivity contribution is -0.120. The van der Waals surface area contributed by atoms with Crippen molar-refractivity contribution in [2.45, 2.75) is 88.2 Å². The number of rotatable bonds is 6. The van der Waals surface area contributed by atoms with Gasteiger partial charge in [0.1, 0.15) is 0 Å². The van der Waals surface area contributed by atoms with Crippen LogP contribution in [0.2, 0.25) is 0 Å². The van der Waals surface area contributed by atoms with E-state index in [1.807, 2.05) is 13.8 Å². The highest BCUT2D eigenvalue weighted by Crippen LogP contribution is 2.28. The third kappa shape index (κ3) is 6.37. The van der Waals surface area contributed by atoms with Crippen LogP contribution in [0, 0.1) is 5.92 Å². The molecule has 1 aliphatic carbocycles.